The number of halogens is 1. The maximum atomic E-state index is 13.5. The van der Waals surface area contributed by atoms with Crippen molar-refractivity contribution in [2.75, 3.05) is 0 Å². The van der Waals surface area contributed by atoms with Crippen LogP contribution in [-0.2, 0) is 9.84 Å². The molecule has 0 spiro atoms. The molecule has 0 aliphatic carbocycles. The molecule has 1 N–H and O–H groups in total. The van der Waals surface area contributed by atoms with Gasteiger partial charge in [-0.1, -0.05) is 12.1 Å². The lowest BCUT2D eigenvalue weighted by Crippen LogP contribution is -2.21. The Morgan fingerprint density at radius 1 is 1.35 bits per heavy atom. The quantitative estimate of drug-likeness (QED) is 0.881. The highest BCUT2D eigenvalue weighted by molar-refractivity contribution is 7.95. The molecule has 17 heavy (non-hydrogen) atoms. The standard InChI is InChI=1S/C12H13FO3S/c1-12(2,14)7-9-6-8-4-3-5-10(13)11(8)17(9,15)16/h3-6,14H,7H2,1-2H3. The summed E-state index contributed by atoms with van der Waals surface area (Å²) in [6.45, 7) is 3.03. The van der Waals surface area contributed by atoms with E-state index in [0.717, 1.165) is 6.07 Å². The van der Waals surface area contributed by atoms with Gasteiger partial charge in [-0.3, -0.25) is 0 Å². The van der Waals surface area contributed by atoms with E-state index in [0.29, 0.717) is 5.56 Å². The summed E-state index contributed by atoms with van der Waals surface area (Å²) in [5.41, 5.74) is -0.790. The highest BCUT2D eigenvalue weighted by atomic mass is 32.2. The van der Waals surface area contributed by atoms with E-state index >= 15 is 0 Å². The number of rotatable bonds is 2. The first kappa shape index (κ1) is 12.3. The van der Waals surface area contributed by atoms with Gasteiger partial charge in [0.25, 0.3) is 0 Å². The zero-order valence-electron chi connectivity index (χ0n) is 9.57. The Morgan fingerprint density at radius 2 is 2.00 bits per heavy atom. The predicted octanol–water partition coefficient (Wildman–Crippen LogP) is 2.11. The van der Waals surface area contributed by atoms with Crippen molar-refractivity contribution in [3.05, 3.63) is 34.5 Å². The Hall–Kier alpha value is -1.20. The number of sulfone groups is 1. The van der Waals surface area contributed by atoms with E-state index in [-0.39, 0.29) is 16.2 Å². The highest BCUT2D eigenvalue weighted by Gasteiger charge is 2.34. The van der Waals surface area contributed by atoms with E-state index in [4.69, 9.17) is 0 Å². The molecule has 3 nitrogen and oxygen atoms in total. The van der Waals surface area contributed by atoms with Crippen molar-refractivity contribution in [1.82, 2.24) is 0 Å². The maximum Gasteiger partial charge on any atom is 0.206 e. The average molecular weight is 256 g/mol. The monoisotopic (exact) mass is 256 g/mol. The lowest BCUT2D eigenvalue weighted by atomic mass is 10.0. The van der Waals surface area contributed by atoms with Gasteiger partial charge in [0.05, 0.1) is 10.5 Å². The van der Waals surface area contributed by atoms with Gasteiger partial charge in [-0.25, -0.2) is 12.8 Å². The Balaban J connectivity index is 2.54. The van der Waals surface area contributed by atoms with Crippen LogP contribution in [0.25, 0.3) is 6.08 Å². The van der Waals surface area contributed by atoms with Crippen LogP contribution in [0.2, 0.25) is 0 Å². The van der Waals surface area contributed by atoms with Gasteiger partial charge in [0.15, 0.2) is 0 Å². The SMILES string of the molecule is CC(C)(O)CC1=Cc2cccc(F)c2S1(=O)=O. The second-order valence-corrected chi connectivity index (χ2v) is 6.70. The van der Waals surface area contributed by atoms with E-state index in [9.17, 15) is 17.9 Å². The summed E-state index contributed by atoms with van der Waals surface area (Å²) < 4.78 is 37.6. The lowest BCUT2D eigenvalue weighted by Gasteiger charge is -2.17. The minimum Gasteiger partial charge on any atom is -0.390 e. The van der Waals surface area contributed by atoms with Gasteiger partial charge in [0.2, 0.25) is 9.84 Å². The number of benzene rings is 1. The van der Waals surface area contributed by atoms with Crippen molar-refractivity contribution in [3.63, 3.8) is 0 Å². The van der Waals surface area contributed by atoms with Crippen molar-refractivity contribution in [3.8, 4) is 0 Å². The molecule has 0 atom stereocenters. The normalized spacial score (nSPS) is 17.8. The average Bonchev–Trinajstić information content (AvgIpc) is 2.37. The zero-order valence-corrected chi connectivity index (χ0v) is 10.4. The lowest BCUT2D eigenvalue weighted by molar-refractivity contribution is 0.0829. The molecule has 0 amide bonds. The Morgan fingerprint density at radius 3 is 2.53 bits per heavy atom. The molecule has 1 aromatic carbocycles. The summed E-state index contributed by atoms with van der Waals surface area (Å²) >= 11 is 0. The molecular formula is C12H13FO3S. The molecule has 0 bridgehead atoms. The van der Waals surface area contributed by atoms with Crippen molar-refractivity contribution in [1.29, 1.82) is 0 Å². The summed E-state index contributed by atoms with van der Waals surface area (Å²) in [4.78, 5) is -0.218. The first-order chi connectivity index (χ1) is 7.72. The van der Waals surface area contributed by atoms with Crippen LogP contribution in [0.15, 0.2) is 28.0 Å². The molecule has 5 heteroatoms. The molecule has 0 unspecified atom stereocenters. The van der Waals surface area contributed by atoms with Gasteiger partial charge in [-0.15, -0.1) is 0 Å². The minimum atomic E-state index is -3.78. The first-order valence-electron chi connectivity index (χ1n) is 5.18. The molecule has 0 radical (unpaired) electrons. The molecule has 1 heterocycles. The largest absolute Gasteiger partial charge is 0.390 e. The van der Waals surface area contributed by atoms with Crippen molar-refractivity contribution in [2.24, 2.45) is 0 Å². The number of hydrogen-bond acceptors (Lipinski definition) is 3. The topological polar surface area (TPSA) is 54.4 Å². The van der Waals surface area contributed by atoms with E-state index in [2.05, 4.69) is 0 Å². The molecule has 1 aliphatic rings. The summed E-state index contributed by atoms with van der Waals surface area (Å²) in [5, 5.41) is 9.66. The fourth-order valence-electron chi connectivity index (χ4n) is 1.88. The van der Waals surface area contributed by atoms with Crippen molar-refractivity contribution >= 4 is 15.9 Å². The van der Waals surface area contributed by atoms with Crippen LogP contribution in [-0.4, -0.2) is 19.1 Å². The third-order valence-electron chi connectivity index (χ3n) is 2.53. The fraction of sp³-hybridized carbons (Fsp3) is 0.333. The number of aliphatic hydroxyl groups is 1. The highest BCUT2D eigenvalue weighted by Crippen LogP contribution is 2.37. The smallest absolute Gasteiger partial charge is 0.206 e. The van der Waals surface area contributed by atoms with E-state index in [1.54, 1.807) is 6.07 Å². The molecule has 0 aromatic heterocycles. The third-order valence-corrected chi connectivity index (χ3v) is 4.46. The molecule has 2 rings (SSSR count). The molecule has 92 valence electrons. The zero-order chi connectivity index (χ0) is 12.8. The molecule has 1 aromatic rings. The van der Waals surface area contributed by atoms with Crippen LogP contribution in [0.1, 0.15) is 25.8 Å². The van der Waals surface area contributed by atoms with Gasteiger partial charge in [-0.05, 0) is 31.6 Å². The van der Waals surface area contributed by atoms with Crippen LogP contribution in [0.4, 0.5) is 4.39 Å². The summed E-state index contributed by atoms with van der Waals surface area (Å²) in [5.74, 6) is -0.746. The maximum absolute atomic E-state index is 13.5. The first-order valence-corrected chi connectivity index (χ1v) is 6.67. The molecular weight excluding hydrogens is 243 g/mol. The Labute approximate surface area is 99.5 Å². The van der Waals surface area contributed by atoms with Crippen LogP contribution in [0.3, 0.4) is 0 Å². The molecule has 0 fully saturated rings. The molecule has 0 saturated heterocycles. The van der Waals surface area contributed by atoms with E-state index in [1.807, 2.05) is 0 Å². The minimum absolute atomic E-state index is 0.0244. The molecule has 1 aliphatic heterocycles. The summed E-state index contributed by atoms with van der Waals surface area (Å²) in [6, 6.07) is 4.14. The van der Waals surface area contributed by atoms with Gasteiger partial charge in [0, 0.05) is 6.42 Å². The van der Waals surface area contributed by atoms with Crippen LogP contribution in [0, 0.1) is 5.82 Å². The molecule has 0 saturated carbocycles. The van der Waals surface area contributed by atoms with Crippen LogP contribution < -0.4 is 0 Å². The summed E-state index contributed by atoms with van der Waals surface area (Å²) in [6.07, 6.45) is 1.40. The van der Waals surface area contributed by atoms with Crippen LogP contribution in [0.5, 0.6) is 0 Å². The van der Waals surface area contributed by atoms with Crippen LogP contribution >= 0.6 is 0 Å². The van der Waals surface area contributed by atoms with Gasteiger partial charge >= 0.3 is 0 Å². The number of fused-ring (bicyclic) bond motifs is 1. The fourth-order valence-corrected chi connectivity index (χ4v) is 3.73. The van der Waals surface area contributed by atoms with Crippen molar-refractivity contribution < 1.29 is 17.9 Å². The second kappa shape index (κ2) is 3.65. The van der Waals surface area contributed by atoms with Crippen molar-refractivity contribution in [2.45, 2.75) is 30.8 Å². The summed E-state index contributed by atoms with van der Waals surface area (Å²) in [7, 11) is -3.78. The Kier molecular flexibility index (Phi) is 2.63. The van der Waals surface area contributed by atoms with E-state index in [1.165, 1.54) is 26.0 Å². The van der Waals surface area contributed by atoms with Gasteiger partial charge in [-0.2, -0.15) is 0 Å². The third kappa shape index (κ3) is 2.12. The van der Waals surface area contributed by atoms with Gasteiger partial charge in [0.1, 0.15) is 10.7 Å². The second-order valence-electron chi connectivity index (χ2n) is 4.76. The van der Waals surface area contributed by atoms with Gasteiger partial charge < -0.3 is 5.11 Å². The number of hydrogen-bond donors (Lipinski definition) is 1. The Bertz CT molecular complexity index is 595. The van der Waals surface area contributed by atoms with E-state index < -0.39 is 21.3 Å². The predicted molar refractivity (Wildman–Crippen MR) is 62.5 cm³/mol.